The van der Waals surface area contributed by atoms with Gasteiger partial charge in [0.2, 0.25) is 5.91 Å². The summed E-state index contributed by atoms with van der Waals surface area (Å²) in [4.78, 5) is 16.6. The summed E-state index contributed by atoms with van der Waals surface area (Å²) in [5.74, 6) is 1.74. The number of thiazole rings is 1. The van der Waals surface area contributed by atoms with Gasteiger partial charge in [-0.3, -0.25) is 4.79 Å². The van der Waals surface area contributed by atoms with Gasteiger partial charge in [0, 0.05) is 11.8 Å². The number of rotatable bonds is 5. The lowest BCUT2D eigenvalue weighted by Crippen LogP contribution is -2.34. The van der Waals surface area contributed by atoms with Crippen molar-refractivity contribution in [3.8, 4) is 11.5 Å². The molecule has 2 aromatic rings. The smallest absolute Gasteiger partial charge is 0.226 e. The molecule has 2 aromatic heterocycles. The number of carbonyl (C=O) groups excluding carboxylic acids is 1. The molecule has 7 heteroatoms. The van der Waals surface area contributed by atoms with Crippen LogP contribution in [0.3, 0.4) is 0 Å². The second-order valence-electron chi connectivity index (χ2n) is 5.85. The number of aromatic nitrogens is 1. The number of nitrogens with zero attached hydrogens (tertiary/aromatic N) is 1. The molecule has 0 aromatic carbocycles. The molecule has 0 saturated carbocycles. The van der Waals surface area contributed by atoms with Gasteiger partial charge in [-0.15, -0.1) is 23.7 Å². The van der Waals surface area contributed by atoms with Crippen molar-refractivity contribution in [1.82, 2.24) is 10.3 Å². The third kappa shape index (κ3) is 4.80. The first kappa shape index (κ1) is 18.0. The van der Waals surface area contributed by atoms with Crippen LogP contribution < -0.4 is 10.6 Å². The van der Waals surface area contributed by atoms with Crippen LogP contribution in [0.1, 0.15) is 26.2 Å². The zero-order chi connectivity index (χ0) is 15.4. The topological polar surface area (TPSA) is 67.2 Å². The molecule has 1 saturated heterocycles. The molecule has 2 N–H and O–H groups in total. The SMILES string of the molecule is CC(CC(=O)Nc1nc(-c2ccco2)cs1)C1CCCNC1.Cl. The van der Waals surface area contributed by atoms with E-state index in [2.05, 4.69) is 22.5 Å². The van der Waals surface area contributed by atoms with Crippen molar-refractivity contribution in [1.29, 1.82) is 0 Å². The summed E-state index contributed by atoms with van der Waals surface area (Å²) >= 11 is 1.42. The van der Waals surface area contributed by atoms with Gasteiger partial charge in [-0.25, -0.2) is 4.98 Å². The summed E-state index contributed by atoms with van der Waals surface area (Å²) in [7, 11) is 0. The lowest BCUT2D eigenvalue weighted by atomic mass is 9.85. The van der Waals surface area contributed by atoms with Crippen LogP contribution in [-0.2, 0) is 4.79 Å². The van der Waals surface area contributed by atoms with E-state index in [9.17, 15) is 4.79 Å². The number of halogens is 1. The number of nitrogens with one attached hydrogen (secondary N) is 2. The van der Waals surface area contributed by atoms with E-state index in [0.29, 0.717) is 23.4 Å². The highest BCUT2D eigenvalue weighted by Gasteiger charge is 2.22. The quantitative estimate of drug-likeness (QED) is 0.856. The van der Waals surface area contributed by atoms with Crippen molar-refractivity contribution >= 4 is 34.8 Å². The monoisotopic (exact) mass is 355 g/mol. The van der Waals surface area contributed by atoms with Crippen LogP contribution >= 0.6 is 23.7 Å². The van der Waals surface area contributed by atoms with Crippen molar-refractivity contribution in [2.24, 2.45) is 11.8 Å². The molecule has 0 radical (unpaired) electrons. The number of furan rings is 1. The van der Waals surface area contributed by atoms with Crippen LogP contribution in [0.25, 0.3) is 11.5 Å². The number of hydrogen-bond donors (Lipinski definition) is 2. The molecule has 2 unspecified atom stereocenters. The summed E-state index contributed by atoms with van der Waals surface area (Å²) in [5.41, 5.74) is 0.759. The predicted octanol–water partition coefficient (Wildman–Crippen LogP) is 3.79. The summed E-state index contributed by atoms with van der Waals surface area (Å²) in [6, 6.07) is 3.69. The Morgan fingerprint density at radius 1 is 1.61 bits per heavy atom. The number of carbonyl (C=O) groups is 1. The maximum Gasteiger partial charge on any atom is 0.226 e. The molecule has 0 aliphatic carbocycles. The maximum atomic E-state index is 12.2. The van der Waals surface area contributed by atoms with E-state index in [-0.39, 0.29) is 18.3 Å². The van der Waals surface area contributed by atoms with E-state index in [1.165, 1.54) is 24.2 Å². The van der Waals surface area contributed by atoms with Crippen molar-refractivity contribution < 1.29 is 9.21 Å². The lowest BCUT2D eigenvalue weighted by molar-refractivity contribution is -0.117. The Morgan fingerprint density at radius 3 is 3.17 bits per heavy atom. The van der Waals surface area contributed by atoms with Gasteiger partial charge in [-0.05, 0) is 49.9 Å². The van der Waals surface area contributed by atoms with E-state index in [4.69, 9.17) is 4.42 Å². The molecular formula is C16H22ClN3O2S. The molecule has 1 amide bonds. The molecule has 0 spiro atoms. The third-order valence-corrected chi connectivity index (χ3v) is 4.93. The molecule has 126 valence electrons. The van der Waals surface area contributed by atoms with Gasteiger partial charge in [0.1, 0.15) is 5.69 Å². The molecule has 1 fully saturated rings. The molecular weight excluding hydrogens is 334 g/mol. The maximum absolute atomic E-state index is 12.2. The predicted molar refractivity (Wildman–Crippen MR) is 95.1 cm³/mol. The summed E-state index contributed by atoms with van der Waals surface area (Å²) in [6.45, 7) is 4.28. The largest absolute Gasteiger partial charge is 0.463 e. The van der Waals surface area contributed by atoms with E-state index >= 15 is 0 Å². The number of amides is 1. The Balaban J connectivity index is 0.00000192. The standard InChI is InChI=1S/C16H21N3O2S.ClH/c1-11(12-4-2-6-17-9-12)8-15(20)19-16-18-13(10-22-16)14-5-3-7-21-14;/h3,5,7,10-12,17H,2,4,6,8-9H2,1H3,(H,18,19,20);1H. The normalized spacial score (nSPS) is 18.9. The van der Waals surface area contributed by atoms with Crippen LogP contribution in [0, 0.1) is 11.8 Å². The van der Waals surface area contributed by atoms with Crippen LogP contribution in [-0.4, -0.2) is 24.0 Å². The Kier molecular flexibility index (Phi) is 6.62. The van der Waals surface area contributed by atoms with Gasteiger partial charge in [-0.1, -0.05) is 6.92 Å². The van der Waals surface area contributed by atoms with Crippen LogP contribution in [0.15, 0.2) is 28.2 Å². The van der Waals surface area contributed by atoms with Gasteiger partial charge in [0.25, 0.3) is 0 Å². The fourth-order valence-corrected chi connectivity index (χ4v) is 3.58. The lowest BCUT2D eigenvalue weighted by Gasteiger charge is -2.27. The Morgan fingerprint density at radius 2 is 2.48 bits per heavy atom. The minimum absolute atomic E-state index is 0. The first-order chi connectivity index (χ1) is 10.7. The third-order valence-electron chi connectivity index (χ3n) is 4.17. The average Bonchev–Trinajstić information content (AvgIpc) is 3.19. The summed E-state index contributed by atoms with van der Waals surface area (Å²) in [5, 5.41) is 8.83. The molecule has 23 heavy (non-hydrogen) atoms. The molecule has 1 aliphatic rings. The van der Waals surface area contributed by atoms with E-state index in [1.54, 1.807) is 6.26 Å². The van der Waals surface area contributed by atoms with Crippen LogP contribution in [0.4, 0.5) is 5.13 Å². The fourth-order valence-electron chi connectivity index (χ4n) is 2.86. The van der Waals surface area contributed by atoms with Crippen molar-refractivity contribution in [3.63, 3.8) is 0 Å². The van der Waals surface area contributed by atoms with E-state index in [0.717, 1.165) is 24.5 Å². The van der Waals surface area contributed by atoms with Crippen LogP contribution in [0.2, 0.25) is 0 Å². The number of hydrogen-bond acceptors (Lipinski definition) is 5. The highest BCUT2D eigenvalue weighted by atomic mass is 35.5. The molecule has 2 atom stereocenters. The first-order valence-electron chi connectivity index (χ1n) is 7.72. The molecule has 0 bridgehead atoms. The zero-order valence-corrected chi connectivity index (χ0v) is 14.7. The van der Waals surface area contributed by atoms with Gasteiger partial charge in [0.05, 0.1) is 6.26 Å². The molecule has 3 rings (SSSR count). The Labute approximate surface area is 146 Å². The first-order valence-corrected chi connectivity index (χ1v) is 8.60. The van der Waals surface area contributed by atoms with Gasteiger partial charge < -0.3 is 15.1 Å². The average molecular weight is 356 g/mol. The van der Waals surface area contributed by atoms with Crippen molar-refractivity contribution in [2.45, 2.75) is 26.2 Å². The molecule has 5 nitrogen and oxygen atoms in total. The number of piperidine rings is 1. The highest BCUT2D eigenvalue weighted by Crippen LogP contribution is 2.26. The summed E-state index contributed by atoms with van der Waals surface area (Å²) < 4.78 is 5.31. The minimum Gasteiger partial charge on any atom is -0.463 e. The zero-order valence-electron chi connectivity index (χ0n) is 13.1. The minimum atomic E-state index is 0. The van der Waals surface area contributed by atoms with Gasteiger partial charge in [-0.2, -0.15) is 0 Å². The second kappa shape index (κ2) is 8.47. The van der Waals surface area contributed by atoms with Crippen molar-refractivity contribution in [2.75, 3.05) is 18.4 Å². The summed E-state index contributed by atoms with van der Waals surface area (Å²) in [6.07, 6.45) is 4.58. The molecule has 3 heterocycles. The van der Waals surface area contributed by atoms with Crippen molar-refractivity contribution in [3.05, 3.63) is 23.8 Å². The number of anilines is 1. The Hall–Kier alpha value is -1.37. The highest BCUT2D eigenvalue weighted by molar-refractivity contribution is 7.14. The van der Waals surface area contributed by atoms with Gasteiger partial charge in [0.15, 0.2) is 10.9 Å². The van der Waals surface area contributed by atoms with E-state index in [1.807, 2.05) is 17.5 Å². The second-order valence-corrected chi connectivity index (χ2v) is 6.71. The van der Waals surface area contributed by atoms with E-state index < -0.39 is 0 Å². The molecule has 1 aliphatic heterocycles. The van der Waals surface area contributed by atoms with Crippen LogP contribution in [0.5, 0.6) is 0 Å². The fraction of sp³-hybridized carbons (Fsp3) is 0.500. The van der Waals surface area contributed by atoms with Gasteiger partial charge >= 0.3 is 0 Å². The Bertz CT molecular complexity index is 609.